The molecule has 0 spiro atoms. The normalized spacial score (nSPS) is 18.5. The SMILES string of the molecule is [2H]C([2H])([2H])c1ccc(-c2[c-]cccc2)nc1.[2H]C([2H])([2H])c1cnc(-c2[c-]cc(C([2H])([2H])[2H])c3c2oc2c(C([2H])([2H])[2H])c(C#N)c(C([2H])([2H])[2H])nc23)cc1C([2H])([2H])C(C)(C)C.[Ir]. The fourth-order valence-electron chi connectivity index (χ4n) is 4.31. The van der Waals surface area contributed by atoms with E-state index in [1.165, 1.54) is 12.3 Å². The first-order valence-corrected chi connectivity index (χ1v) is 13.0. The molecule has 6 heteroatoms. The third-order valence-electron chi connectivity index (χ3n) is 6.21. The van der Waals surface area contributed by atoms with Crippen molar-refractivity contribution in [3.05, 3.63) is 112 Å². The minimum Gasteiger partial charge on any atom is -0.499 e. The number of aromatic nitrogens is 3. The second-order valence-corrected chi connectivity index (χ2v) is 10.6. The molecule has 0 amide bonds. The van der Waals surface area contributed by atoms with E-state index < -0.39 is 79.5 Å². The molecule has 0 fully saturated rings. The Bertz CT molecular complexity index is 2600. The topological polar surface area (TPSA) is 75.6 Å². The van der Waals surface area contributed by atoms with Gasteiger partial charge in [-0.3, -0.25) is 0 Å². The number of nitriles is 1. The minimum atomic E-state index is -3.10. The van der Waals surface area contributed by atoms with Crippen LogP contribution < -0.4 is 0 Å². The smallest absolute Gasteiger partial charge is 0.143 e. The summed E-state index contributed by atoms with van der Waals surface area (Å²) in [5, 5.41) is 9.54. The monoisotopic (exact) mass is 774 g/mol. The first-order chi connectivity index (χ1) is 27.3. The van der Waals surface area contributed by atoms with Crippen LogP contribution in [-0.2, 0) is 26.5 Å². The molecule has 225 valence electrons. The van der Waals surface area contributed by atoms with Crippen molar-refractivity contribution in [3.8, 4) is 28.6 Å². The van der Waals surface area contributed by atoms with Crippen LogP contribution in [0.3, 0.4) is 0 Å². The minimum absolute atomic E-state index is 0. The van der Waals surface area contributed by atoms with Gasteiger partial charge in [-0.1, -0.05) is 56.9 Å². The van der Waals surface area contributed by atoms with Crippen LogP contribution in [0.25, 0.3) is 44.6 Å². The molecular weight excluding hydrogens is 721 g/mol. The zero-order chi connectivity index (χ0) is 45.2. The van der Waals surface area contributed by atoms with Gasteiger partial charge in [0, 0.05) is 61.4 Å². The molecule has 1 radical (unpaired) electrons. The molecule has 0 bridgehead atoms. The maximum absolute atomic E-state index is 9.82. The number of hydrogen-bond donors (Lipinski definition) is 0. The average molecular weight is 774 g/mol. The average Bonchev–Trinajstić information content (AvgIpc) is 3.50. The van der Waals surface area contributed by atoms with Gasteiger partial charge in [0.2, 0.25) is 0 Å². The summed E-state index contributed by atoms with van der Waals surface area (Å²) in [5.41, 5.74) is -4.10. The Morgan fingerprint density at radius 2 is 1.80 bits per heavy atom. The molecule has 2 aromatic carbocycles. The second-order valence-electron chi connectivity index (χ2n) is 10.6. The standard InChI is InChI=1S/C26H26N3O.C12H10N.Ir/c1-14-8-9-19(21-10-18(11-26(5,6)7)15(2)13-28-21)25-22(14)23-24(30-25)16(3)20(12-27)17(4)29-23;1-10-7-8-12(13-9-10)11-5-3-2-4-6-11;/h8,10,13H,11H2,1-7H3;2-5,7-9H,1H3;/q2*-1;/i1D3,2D3,3D3,4D3,11D2;1D3;. The molecule has 4 aromatic heterocycles. The van der Waals surface area contributed by atoms with Crippen LogP contribution in [0.4, 0.5) is 0 Å². The number of furan rings is 1. The summed E-state index contributed by atoms with van der Waals surface area (Å²) in [5.74, 6) is 0. The fourth-order valence-corrected chi connectivity index (χ4v) is 4.31. The molecule has 6 rings (SSSR count). The van der Waals surface area contributed by atoms with Crippen molar-refractivity contribution in [1.29, 1.82) is 5.26 Å². The molecule has 0 saturated carbocycles. The van der Waals surface area contributed by atoms with Crippen LogP contribution in [0, 0.1) is 63.1 Å². The number of rotatable bonds is 3. The quantitative estimate of drug-likeness (QED) is 0.168. The van der Waals surface area contributed by atoms with E-state index in [4.69, 9.17) is 27.7 Å². The molecule has 4 heterocycles. The van der Waals surface area contributed by atoms with Crippen LogP contribution in [-0.4, -0.2) is 15.0 Å². The van der Waals surface area contributed by atoms with E-state index in [1.54, 1.807) is 45.0 Å². The predicted octanol–water partition coefficient (Wildman–Crippen LogP) is 9.39. The van der Waals surface area contributed by atoms with Crippen LogP contribution in [0.15, 0.2) is 65.3 Å². The Labute approximate surface area is 297 Å². The van der Waals surface area contributed by atoms with E-state index >= 15 is 0 Å². The van der Waals surface area contributed by atoms with E-state index in [0.29, 0.717) is 0 Å². The van der Waals surface area contributed by atoms with Gasteiger partial charge in [0.1, 0.15) is 11.7 Å². The van der Waals surface area contributed by atoms with E-state index in [1.807, 2.05) is 18.2 Å². The maximum atomic E-state index is 9.82. The molecule has 0 unspecified atom stereocenters. The summed E-state index contributed by atoms with van der Waals surface area (Å²) in [7, 11) is 0. The van der Waals surface area contributed by atoms with Crippen LogP contribution in [0.2, 0.25) is 0 Å². The van der Waals surface area contributed by atoms with Crippen molar-refractivity contribution in [2.45, 2.75) is 61.4 Å². The summed E-state index contributed by atoms with van der Waals surface area (Å²) < 4.78 is 141. The Kier molecular flexibility index (Phi) is 5.04. The first kappa shape index (κ1) is 16.8. The van der Waals surface area contributed by atoms with Crippen LogP contribution in [0.1, 0.15) is 83.1 Å². The van der Waals surface area contributed by atoms with Gasteiger partial charge in [0.25, 0.3) is 0 Å². The van der Waals surface area contributed by atoms with Gasteiger partial charge in [0.15, 0.2) is 0 Å². The van der Waals surface area contributed by atoms with Crippen molar-refractivity contribution < 1.29 is 47.8 Å². The van der Waals surface area contributed by atoms with Crippen molar-refractivity contribution >= 4 is 22.1 Å². The molecule has 0 aliphatic carbocycles. The van der Waals surface area contributed by atoms with Crippen molar-refractivity contribution in [3.63, 3.8) is 0 Å². The molecule has 0 atom stereocenters. The Morgan fingerprint density at radius 3 is 2.43 bits per heavy atom. The second kappa shape index (κ2) is 13.2. The zero-order valence-corrected chi connectivity index (χ0v) is 26.2. The van der Waals surface area contributed by atoms with Crippen molar-refractivity contribution in [2.24, 2.45) is 5.41 Å². The van der Waals surface area contributed by atoms with Gasteiger partial charge in [-0.15, -0.1) is 53.6 Å². The van der Waals surface area contributed by atoms with Gasteiger partial charge < -0.3 is 14.4 Å². The van der Waals surface area contributed by atoms with Gasteiger partial charge in [-0.2, -0.15) is 5.26 Å². The molecule has 0 saturated heterocycles. The van der Waals surface area contributed by atoms with Crippen molar-refractivity contribution in [2.75, 3.05) is 0 Å². The Morgan fingerprint density at radius 1 is 0.955 bits per heavy atom. The zero-order valence-electron chi connectivity index (χ0n) is 40.8. The van der Waals surface area contributed by atoms with E-state index in [0.717, 1.165) is 23.5 Å². The first-order valence-electron chi connectivity index (χ1n) is 21.5. The number of fused-ring (bicyclic) bond motifs is 3. The van der Waals surface area contributed by atoms with E-state index in [-0.39, 0.29) is 59.0 Å². The molecule has 44 heavy (non-hydrogen) atoms. The Hall–Kier alpha value is -4.17. The summed E-state index contributed by atoms with van der Waals surface area (Å²) in [4.78, 5) is 12.4. The Balaban J connectivity index is 0.000000402. The molecule has 0 aliphatic rings. The third kappa shape index (κ3) is 6.81. The summed E-state index contributed by atoms with van der Waals surface area (Å²) >= 11 is 0. The van der Waals surface area contributed by atoms with E-state index in [9.17, 15) is 5.26 Å². The number of nitrogens with zero attached hydrogens (tertiary/aromatic N) is 4. The summed E-state index contributed by atoms with van der Waals surface area (Å²) in [6, 6.07) is 20.4. The van der Waals surface area contributed by atoms with Crippen LogP contribution >= 0.6 is 0 Å². The molecule has 6 aromatic rings. The number of benzene rings is 2. The number of pyridine rings is 3. The van der Waals surface area contributed by atoms with Gasteiger partial charge in [-0.05, 0) is 67.1 Å². The van der Waals surface area contributed by atoms with Gasteiger partial charge in [0.05, 0.1) is 22.4 Å². The van der Waals surface area contributed by atoms with E-state index in [2.05, 4.69) is 27.1 Å². The summed E-state index contributed by atoms with van der Waals surface area (Å²) in [6.07, 6.45) is 0.156. The molecule has 0 aliphatic heterocycles. The van der Waals surface area contributed by atoms with Crippen molar-refractivity contribution in [1.82, 2.24) is 15.0 Å². The van der Waals surface area contributed by atoms with Gasteiger partial charge >= 0.3 is 0 Å². The molecular formula is C38H36IrN4O-2. The molecule has 0 N–H and O–H groups in total. The number of hydrogen-bond acceptors (Lipinski definition) is 5. The third-order valence-corrected chi connectivity index (χ3v) is 6.21. The largest absolute Gasteiger partial charge is 0.499 e. The maximum Gasteiger partial charge on any atom is 0.143 e. The molecule has 5 nitrogen and oxygen atoms in total. The predicted molar refractivity (Wildman–Crippen MR) is 174 cm³/mol. The van der Waals surface area contributed by atoms with Gasteiger partial charge in [-0.25, -0.2) is 4.98 Å². The fraction of sp³-hybridized carbons (Fsp3) is 0.263. The number of aryl methyl sites for hydroxylation is 5. The van der Waals surface area contributed by atoms with Crippen LogP contribution in [0.5, 0.6) is 0 Å². The summed E-state index contributed by atoms with van der Waals surface area (Å²) in [6.45, 7) is -9.10.